The zero-order valence-corrected chi connectivity index (χ0v) is 8.14. The minimum Gasteiger partial charge on any atom is -0.442 e. The third-order valence-corrected chi connectivity index (χ3v) is 1.81. The van der Waals surface area contributed by atoms with Gasteiger partial charge in [-0.15, -0.1) is 0 Å². The molecule has 0 bridgehead atoms. The molecule has 0 aliphatic heterocycles. The molecule has 3 N–H and O–H groups in total. The third-order valence-electron chi connectivity index (χ3n) is 1.81. The molecule has 0 spiro atoms. The Hall–Kier alpha value is -1.43. The molecule has 1 unspecified atom stereocenters. The van der Waals surface area contributed by atoms with E-state index in [9.17, 15) is 4.79 Å². The minimum atomic E-state index is -0.775. The first-order valence-corrected chi connectivity index (χ1v) is 4.57. The second kappa shape index (κ2) is 6.13. The molecule has 5 nitrogen and oxygen atoms in total. The first kappa shape index (κ1) is 11.6. The van der Waals surface area contributed by atoms with E-state index in [0.717, 1.165) is 0 Å². The number of hydrogen-bond donors (Lipinski definition) is 2. The Kier molecular flexibility index (Phi) is 4.76. The van der Waals surface area contributed by atoms with E-state index >= 15 is 0 Å². The van der Waals surface area contributed by atoms with Crippen LogP contribution in [-0.2, 0) is 4.74 Å². The number of carbonyl (C=O) groups excluding carboxylic acids is 1. The van der Waals surface area contributed by atoms with Gasteiger partial charge in [0.05, 0.1) is 5.56 Å². The molecular weight excluding hydrogens is 196 g/mol. The Balaban J connectivity index is 2.55. The summed E-state index contributed by atoms with van der Waals surface area (Å²) >= 11 is 0. The lowest BCUT2D eigenvalue weighted by Gasteiger charge is -2.14. The van der Waals surface area contributed by atoms with Gasteiger partial charge >= 0.3 is 5.97 Å². The highest BCUT2D eigenvalue weighted by Gasteiger charge is 2.13. The number of rotatable bonds is 5. The van der Waals surface area contributed by atoms with E-state index in [1.807, 2.05) is 0 Å². The van der Waals surface area contributed by atoms with Crippen LogP contribution in [0.15, 0.2) is 30.3 Å². The normalized spacial score (nSPS) is 12.1. The van der Waals surface area contributed by atoms with Crippen LogP contribution in [0.25, 0.3) is 0 Å². The number of aliphatic hydroxyl groups excluding tert-OH is 1. The van der Waals surface area contributed by atoms with Gasteiger partial charge in [0.25, 0.3) is 0 Å². The Morgan fingerprint density at radius 1 is 1.47 bits per heavy atom. The van der Waals surface area contributed by atoms with Crippen molar-refractivity contribution in [2.24, 2.45) is 0 Å². The van der Waals surface area contributed by atoms with Crippen molar-refractivity contribution in [2.45, 2.75) is 12.6 Å². The Labute approximate surface area is 87.8 Å². The summed E-state index contributed by atoms with van der Waals surface area (Å²) < 4.78 is 4.93. The fourth-order valence-corrected chi connectivity index (χ4v) is 1.05. The molecule has 5 heteroatoms. The van der Waals surface area contributed by atoms with Crippen molar-refractivity contribution in [1.82, 2.24) is 11.3 Å². The summed E-state index contributed by atoms with van der Waals surface area (Å²) in [6.45, 7) is -0.140. The minimum absolute atomic E-state index is 0.140. The van der Waals surface area contributed by atoms with Crippen molar-refractivity contribution in [2.75, 3.05) is 6.61 Å². The predicted molar refractivity (Wildman–Crippen MR) is 53.6 cm³/mol. The van der Waals surface area contributed by atoms with Crippen LogP contribution in [0.3, 0.4) is 0 Å². The van der Waals surface area contributed by atoms with Gasteiger partial charge < -0.3 is 9.84 Å². The second-order valence-corrected chi connectivity index (χ2v) is 2.92. The summed E-state index contributed by atoms with van der Waals surface area (Å²) in [5.41, 5.74) is 2.48. The number of ether oxygens (including phenoxy) is 1. The molecule has 1 aromatic carbocycles. The molecule has 1 aromatic rings. The molecule has 81 valence electrons. The molecule has 0 heterocycles. The maximum Gasteiger partial charge on any atom is 0.339 e. The number of benzene rings is 1. The van der Waals surface area contributed by atoms with Crippen LogP contribution in [0.5, 0.6) is 0 Å². The molecule has 0 saturated carbocycles. The molecule has 0 aromatic heterocycles. The number of hydrogen-bond acceptors (Lipinski definition) is 4. The number of esters is 1. The highest BCUT2D eigenvalue weighted by Crippen LogP contribution is 2.04. The van der Waals surface area contributed by atoms with Gasteiger partial charge in [0.2, 0.25) is 0 Å². The van der Waals surface area contributed by atoms with Crippen molar-refractivity contribution in [3.63, 3.8) is 0 Å². The van der Waals surface area contributed by atoms with E-state index < -0.39 is 12.2 Å². The molecule has 0 fully saturated rings. The highest BCUT2D eigenvalue weighted by molar-refractivity contribution is 5.89. The molecule has 1 radical (unpaired) electrons. The molecule has 0 amide bonds. The lowest BCUT2D eigenvalue weighted by molar-refractivity contribution is 0.0137. The third kappa shape index (κ3) is 3.67. The zero-order chi connectivity index (χ0) is 11.1. The molecule has 0 saturated heterocycles. The van der Waals surface area contributed by atoms with E-state index in [1.165, 1.54) is 0 Å². The Morgan fingerprint density at radius 3 is 2.67 bits per heavy atom. The maximum absolute atomic E-state index is 11.5. The van der Waals surface area contributed by atoms with Crippen molar-refractivity contribution >= 4 is 5.97 Å². The summed E-state index contributed by atoms with van der Waals surface area (Å²) in [7, 11) is 0. The van der Waals surface area contributed by atoms with Crippen LogP contribution in [0.1, 0.15) is 16.8 Å². The molecule has 1 atom stereocenters. The fraction of sp³-hybridized carbons (Fsp3) is 0.300. The predicted octanol–water partition coefficient (Wildman–Crippen LogP) is 0.339. The van der Waals surface area contributed by atoms with Crippen LogP contribution >= 0.6 is 0 Å². The number of carbonyl (C=O) groups is 1. The average Bonchev–Trinajstić information content (AvgIpc) is 2.29. The number of aliphatic hydroxyl groups is 1. The second-order valence-electron chi connectivity index (χ2n) is 2.92. The Morgan fingerprint density at radius 2 is 2.13 bits per heavy atom. The van der Waals surface area contributed by atoms with Gasteiger partial charge in [-0.2, -0.15) is 5.84 Å². The maximum atomic E-state index is 11.5. The summed E-state index contributed by atoms with van der Waals surface area (Å²) in [4.78, 5) is 11.5. The summed E-state index contributed by atoms with van der Waals surface area (Å²) in [5.74, 6) is 6.37. The van der Waals surface area contributed by atoms with Gasteiger partial charge in [-0.25, -0.2) is 10.2 Å². The fourth-order valence-electron chi connectivity index (χ4n) is 1.05. The van der Waals surface area contributed by atoms with Gasteiger partial charge in [0, 0.05) is 13.0 Å². The van der Waals surface area contributed by atoms with Crippen LogP contribution in [-0.4, -0.2) is 23.9 Å². The van der Waals surface area contributed by atoms with Gasteiger partial charge in [-0.1, -0.05) is 18.2 Å². The van der Waals surface area contributed by atoms with E-state index in [0.29, 0.717) is 5.56 Å². The summed E-state index contributed by atoms with van der Waals surface area (Å²) in [5, 5.41) is 8.64. The van der Waals surface area contributed by atoms with Crippen molar-refractivity contribution in [3.05, 3.63) is 35.9 Å². The van der Waals surface area contributed by atoms with E-state index in [1.54, 1.807) is 30.3 Å². The Bertz CT molecular complexity index is 303. The highest BCUT2D eigenvalue weighted by atomic mass is 16.6. The van der Waals surface area contributed by atoms with E-state index in [4.69, 9.17) is 15.7 Å². The van der Waals surface area contributed by atoms with Crippen molar-refractivity contribution in [1.29, 1.82) is 0 Å². The quantitative estimate of drug-likeness (QED) is 0.416. The zero-order valence-electron chi connectivity index (χ0n) is 8.14. The van der Waals surface area contributed by atoms with Crippen LogP contribution < -0.4 is 11.3 Å². The lowest BCUT2D eigenvalue weighted by Crippen LogP contribution is -2.33. The topological polar surface area (TPSA) is 82.4 Å². The van der Waals surface area contributed by atoms with Crippen LogP contribution in [0.4, 0.5) is 0 Å². The monoisotopic (exact) mass is 209 g/mol. The largest absolute Gasteiger partial charge is 0.442 e. The SMILES string of the molecule is [NH]NC(CCO)OC(=O)c1ccccc1. The van der Waals surface area contributed by atoms with Crippen LogP contribution in [0.2, 0.25) is 0 Å². The van der Waals surface area contributed by atoms with Gasteiger partial charge in [0.15, 0.2) is 6.23 Å². The molecule has 0 aliphatic rings. The standard InChI is InChI=1S/C10H13N2O3/c11-12-9(6-7-13)15-10(14)8-4-2-1-3-5-8/h1-5,9,11-13H,6-7H2. The van der Waals surface area contributed by atoms with Gasteiger partial charge in [-0.05, 0) is 12.1 Å². The van der Waals surface area contributed by atoms with Gasteiger partial charge in [-0.3, -0.25) is 0 Å². The molecular formula is C10H13N2O3. The lowest BCUT2D eigenvalue weighted by atomic mass is 10.2. The smallest absolute Gasteiger partial charge is 0.339 e. The average molecular weight is 209 g/mol. The van der Waals surface area contributed by atoms with Crippen LogP contribution in [0, 0.1) is 0 Å². The van der Waals surface area contributed by atoms with Crippen molar-refractivity contribution < 1.29 is 14.6 Å². The van der Waals surface area contributed by atoms with Crippen molar-refractivity contribution in [3.8, 4) is 0 Å². The van der Waals surface area contributed by atoms with E-state index in [2.05, 4.69) is 5.43 Å². The summed E-state index contributed by atoms with van der Waals surface area (Å²) in [6.07, 6.45) is -0.579. The molecule has 15 heavy (non-hydrogen) atoms. The first-order valence-electron chi connectivity index (χ1n) is 4.57. The van der Waals surface area contributed by atoms with E-state index in [-0.39, 0.29) is 13.0 Å². The molecule has 0 aliphatic carbocycles. The first-order chi connectivity index (χ1) is 7.27. The molecule has 1 rings (SSSR count). The summed E-state index contributed by atoms with van der Waals surface area (Å²) in [6, 6.07) is 8.51. The van der Waals surface area contributed by atoms with Gasteiger partial charge in [0.1, 0.15) is 0 Å². The number of nitrogens with one attached hydrogen (secondary N) is 2.